The van der Waals surface area contributed by atoms with Crippen LogP contribution in [-0.4, -0.2) is 34.4 Å². The van der Waals surface area contributed by atoms with E-state index >= 15 is 0 Å². The van der Waals surface area contributed by atoms with Crippen molar-refractivity contribution in [2.75, 3.05) is 12.4 Å². The van der Waals surface area contributed by atoms with Crippen LogP contribution in [0.3, 0.4) is 0 Å². The quantitative estimate of drug-likeness (QED) is 0.529. The van der Waals surface area contributed by atoms with Gasteiger partial charge in [0.1, 0.15) is 11.9 Å². The first-order valence-electron chi connectivity index (χ1n) is 9.91. The molecule has 1 aliphatic rings. The molecule has 148 valence electrons. The number of H-pyrrole nitrogens is 1. The van der Waals surface area contributed by atoms with E-state index in [1.807, 2.05) is 25.1 Å². The highest BCUT2D eigenvalue weighted by atomic mass is 32.2. The monoisotopic (exact) mass is 390 g/mol. The summed E-state index contributed by atoms with van der Waals surface area (Å²) in [6, 6.07) is 5.77. The number of aromatic amines is 1. The van der Waals surface area contributed by atoms with E-state index in [1.54, 1.807) is 0 Å². The molecule has 0 saturated heterocycles. The smallest absolute Gasteiger partial charge is 0.316 e. The van der Waals surface area contributed by atoms with Crippen LogP contribution < -0.4 is 4.74 Å². The second-order valence-electron chi connectivity index (χ2n) is 7.80. The molecule has 1 heterocycles. The second kappa shape index (κ2) is 9.00. The van der Waals surface area contributed by atoms with E-state index in [0.29, 0.717) is 24.4 Å². The molecule has 2 aromatic rings. The van der Waals surface area contributed by atoms with Gasteiger partial charge in [-0.3, -0.25) is 4.79 Å². The average molecular weight is 391 g/mol. The van der Waals surface area contributed by atoms with E-state index in [9.17, 15) is 4.79 Å². The van der Waals surface area contributed by atoms with E-state index in [4.69, 9.17) is 9.47 Å². The first-order valence-corrected chi connectivity index (χ1v) is 10.9. The molecule has 1 saturated carbocycles. The van der Waals surface area contributed by atoms with Gasteiger partial charge in [0.15, 0.2) is 5.16 Å². The van der Waals surface area contributed by atoms with E-state index in [-0.39, 0.29) is 17.8 Å². The summed E-state index contributed by atoms with van der Waals surface area (Å²) in [6.07, 6.45) is 3.40. The Kier molecular flexibility index (Phi) is 6.68. The van der Waals surface area contributed by atoms with Crippen LogP contribution in [0.5, 0.6) is 5.75 Å². The molecule has 1 aromatic heterocycles. The van der Waals surface area contributed by atoms with Crippen LogP contribution in [0.2, 0.25) is 0 Å². The normalized spacial score (nSPS) is 22.9. The predicted octanol–water partition coefficient (Wildman–Crippen LogP) is 5.06. The van der Waals surface area contributed by atoms with Gasteiger partial charge in [-0.15, -0.1) is 0 Å². The van der Waals surface area contributed by atoms with Crippen LogP contribution >= 0.6 is 11.8 Å². The van der Waals surface area contributed by atoms with Crippen molar-refractivity contribution in [1.29, 1.82) is 0 Å². The highest BCUT2D eigenvalue weighted by Gasteiger charge is 2.33. The summed E-state index contributed by atoms with van der Waals surface area (Å²) in [5, 5.41) is 0.730. The Hall–Kier alpha value is -1.69. The van der Waals surface area contributed by atoms with Gasteiger partial charge in [0.2, 0.25) is 0 Å². The maximum Gasteiger partial charge on any atom is 0.316 e. The fourth-order valence-electron chi connectivity index (χ4n) is 3.87. The number of thioether (sulfide) groups is 1. The molecule has 1 aromatic carbocycles. The molecular weight excluding hydrogens is 360 g/mol. The van der Waals surface area contributed by atoms with Gasteiger partial charge in [-0.1, -0.05) is 39.0 Å². The summed E-state index contributed by atoms with van der Waals surface area (Å²) in [4.78, 5) is 20.2. The Bertz CT molecular complexity index is 774. The SMILES string of the molecule is CCOc1ccc2nc(SCC(=O)O[C@@H]3C[C@@H](C)CC[C@H]3C(C)C)[nH]c2c1. The summed E-state index contributed by atoms with van der Waals surface area (Å²) in [5.74, 6) is 2.57. The van der Waals surface area contributed by atoms with Crippen LogP contribution in [0, 0.1) is 17.8 Å². The van der Waals surface area contributed by atoms with Gasteiger partial charge < -0.3 is 14.5 Å². The molecule has 1 N–H and O–H groups in total. The molecule has 3 atom stereocenters. The molecule has 0 amide bonds. The van der Waals surface area contributed by atoms with Gasteiger partial charge in [-0.05, 0) is 49.7 Å². The summed E-state index contributed by atoms with van der Waals surface area (Å²) >= 11 is 1.39. The van der Waals surface area contributed by atoms with Gasteiger partial charge in [0.05, 0.1) is 23.4 Å². The number of rotatable bonds is 7. The van der Waals surface area contributed by atoms with Crippen molar-refractivity contribution >= 4 is 28.8 Å². The summed E-state index contributed by atoms with van der Waals surface area (Å²) in [5.41, 5.74) is 1.79. The number of benzene rings is 1. The van der Waals surface area contributed by atoms with E-state index in [2.05, 4.69) is 30.7 Å². The van der Waals surface area contributed by atoms with Crippen LogP contribution in [0.1, 0.15) is 47.0 Å². The molecule has 0 unspecified atom stereocenters. The third-order valence-electron chi connectivity index (χ3n) is 5.31. The van der Waals surface area contributed by atoms with Crippen molar-refractivity contribution < 1.29 is 14.3 Å². The summed E-state index contributed by atoms with van der Waals surface area (Å²) in [6.45, 7) is 9.28. The second-order valence-corrected chi connectivity index (χ2v) is 8.76. The maximum absolute atomic E-state index is 12.4. The van der Waals surface area contributed by atoms with Gasteiger partial charge in [0.25, 0.3) is 0 Å². The van der Waals surface area contributed by atoms with Crippen LogP contribution in [0.25, 0.3) is 11.0 Å². The lowest BCUT2D eigenvalue weighted by atomic mass is 9.75. The third kappa shape index (κ3) is 5.18. The van der Waals surface area contributed by atoms with E-state index in [0.717, 1.165) is 34.8 Å². The number of carbonyl (C=O) groups excluding carboxylic acids is 1. The molecule has 0 aliphatic heterocycles. The van der Waals surface area contributed by atoms with Gasteiger partial charge in [-0.2, -0.15) is 0 Å². The van der Waals surface area contributed by atoms with Crippen molar-refractivity contribution in [3.05, 3.63) is 18.2 Å². The lowest BCUT2D eigenvalue weighted by molar-refractivity contribution is -0.152. The van der Waals surface area contributed by atoms with Gasteiger partial charge in [-0.25, -0.2) is 4.98 Å². The number of nitrogens with zero attached hydrogens (tertiary/aromatic N) is 1. The van der Waals surface area contributed by atoms with Crippen LogP contribution in [0.4, 0.5) is 0 Å². The number of esters is 1. The van der Waals surface area contributed by atoms with Crippen molar-refractivity contribution in [3.8, 4) is 5.75 Å². The Morgan fingerprint density at radius 2 is 2.19 bits per heavy atom. The zero-order chi connectivity index (χ0) is 19.4. The predicted molar refractivity (Wildman–Crippen MR) is 109 cm³/mol. The van der Waals surface area contributed by atoms with Crippen molar-refractivity contribution in [2.24, 2.45) is 17.8 Å². The minimum Gasteiger partial charge on any atom is -0.494 e. The fraction of sp³-hybridized carbons (Fsp3) is 0.619. The zero-order valence-corrected chi connectivity index (χ0v) is 17.5. The number of nitrogens with one attached hydrogen (secondary N) is 1. The van der Waals surface area contributed by atoms with Crippen molar-refractivity contribution in [3.63, 3.8) is 0 Å². The van der Waals surface area contributed by atoms with Crippen molar-refractivity contribution in [2.45, 2.75) is 58.2 Å². The zero-order valence-electron chi connectivity index (χ0n) is 16.7. The standard InChI is InChI=1S/C21H30N2O3S/c1-5-25-15-7-9-17-18(11-15)23-21(22-17)27-12-20(24)26-19-10-14(4)6-8-16(19)13(2)3/h7,9,11,13-14,16,19H,5-6,8,10,12H2,1-4H3,(H,22,23)/t14-,16-,19+/m0/s1. The lowest BCUT2D eigenvalue weighted by Crippen LogP contribution is -2.36. The molecule has 0 radical (unpaired) electrons. The largest absolute Gasteiger partial charge is 0.494 e. The first-order chi connectivity index (χ1) is 13.0. The Balaban J connectivity index is 1.57. The Morgan fingerprint density at radius 3 is 2.93 bits per heavy atom. The molecule has 0 bridgehead atoms. The highest BCUT2D eigenvalue weighted by molar-refractivity contribution is 7.99. The minimum atomic E-state index is -0.153. The van der Waals surface area contributed by atoms with Gasteiger partial charge in [0, 0.05) is 6.07 Å². The number of carbonyl (C=O) groups is 1. The molecule has 5 nitrogen and oxygen atoms in total. The molecule has 0 spiro atoms. The summed E-state index contributed by atoms with van der Waals surface area (Å²) < 4.78 is 11.4. The number of imidazole rings is 1. The van der Waals surface area contributed by atoms with E-state index < -0.39 is 0 Å². The van der Waals surface area contributed by atoms with Crippen LogP contribution in [-0.2, 0) is 9.53 Å². The number of hydrogen-bond donors (Lipinski definition) is 1. The molecule has 6 heteroatoms. The molecule has 27 heavy (non-hydrogen) atoms. The third-order valence-corrected chi connectivity index (χ3v) is 6.16. The Labute approximate surface area is 165 Å². The lowest BCUT2D eigenvalue weighted by Gasteiger charge is -2.36. The molecule has 3 rings (SSSR count). The molecule has 1 fully saturated rings. The number of fused-ring (bicyclic) bond motifs is 1. The Morgan fingerprint density at radius 1 is 1.37 bits per heavy atom. The van der Waals surface area contributed by atoms with Crippen molar-refractivity contribution in [1.82, 2.24) is 9.97 Å². The highest BCUT2D eigenvalue weighted by Crippen LogP contribution is 2.35. The minimum absolute atomic E-state index is 0.0475. The topological polar surface area (TPSA) is 64.2 Å². The number of ether oxygens (including phenoxy) is 2. The average Bonchev–Trinajstić information content (AvgIpc) is 3.02. The number of hydrogen-bond acceptors (Lipinski definition) is 5. The molecule has 1 aliphatic carbocycles. The molecular formula is C21H30N2O3S. The first kappa shape index (κ1) is 20.1. The van der Waals surface area contributed by atoms with E-state index in [1.165, 1.54) is 18.2 Å². The maximum atomic E-state index is 12.4. The summed E-state index contributed by atoms with van der Waals surface area (Å²) in [7, 11) is 0. The number of aromatic nitrogens is 2. The fourth-order valence-corrected chi connectivity index (χ4v) is 4.54. The van der Waals surface area contributed by atoms with Crippen LogP contribution in [0.15, 0.2) is 23.4 Å². The van der Waals surface area contributed by atoms with Gasteiger partial charge >= 0.3 is 5.97 Å².